The monoisotopic (exact) mass is 639 g/mol. The summed E-state index contributed by atoms with van der Waals surface area (Å²) < 4.78 is 34.9. The summed E-state index contributed by atoms with van der Waals surface area (Å²) >= 11 is 6.81. The highest BCUT2D eigenvalue weighted by Crippen LogP contribution is 2.48. The number of pyridine rings is 1. The van der Waals surface area contributed by atoms with Crippen LogP contribution >= 0.6 is 11.6 Å². The summed E-state index contributed by atoms with van der Waals surface area (Å²) in [6.07, 6.45) is 7.11. The van der Waals surface area contributed by atoms with Crippen molar-refractivity contribution in [1.82, 2.24) is 30.0 Å². The minimum atomic E-state index is -1.17. The first-order chi connectivity index (χ1) is 21.6. The number of methoxy groups -OCH3 is 1. The van der Waals surface area contributed by atoms with Gasteiger partial charge in [-0.1, -0.05) is 18.0 Å². The van der Waals surface area contributed by atoms with Crippen LogP contribution in [0, 0.1) is 18.2 Å². The van der Waals surface area contributed by atoms with E-state index in [1.165, 1.54) is 7.11 Å². The van der Waals surface area contributed by atoms with Gasteiger partial charge in [-0.3, -0.25) is 5.10 Å². The first-order valence-electron chi connectivity index (χ1n) is 15.6. The summed E-state index contributed by atoms with van der Waals surface area (Å²) in [6.45, 7) is 6.17. The van der Waals surface area contributed by atoms with E-state index in [1.54, 1.807) is 13.1 Å². The molecule has 0 amide bonds. The highest BCUT2D eigenvalue weighted by Gasteiger charge is 2.47. The molecule has 2 N–H and O–H groups in total. The first kappa shape index (κ1) is 30.3. The van der Waals surface area contributed by atoms with E-state index in [2.05, 4.69) is 27.1 Å². The number of aromatic amines is 1. The summed E-state index contributed by atoms with van der Waals surface area (Å²) in [5, 5.41) is 19.4. The minimum Gasteiger partial charge on any atom is -0.480 e. The Hall–Kier alpha value is -3.32. The molecule has 7 rings (SSSR count). The number of ether oxygens (including phenoxy) is 3. The molecule has 0 spiro atoms. The van der Waals surface area contributed by atoms with Crippen LogP contribution in [-0.2, 0) is 4.74 Å². The van der Waals surface area contributed by atoms with E-state index in [-0.39, 0.29) is 47.1 Å². The predicted molar refractivity (Wildman–Crippen MR) is 170 cm³/mol. The van der Waals surface area contributed by atoms with Gasteiger partial charge in [-0.05, 0) is 64.8 Å². The zero-order valence-corrected chi connectivity index (χ0v) is 26.9. The molecule has 2 aliphatic heterocycles. The Labute approximate surface area is 266 Å². The summed E-state index contributed by atoms with van der Waals surface area (Å²) in [5.41, 5.74) is 0.651. The van der Waals surface area contributed by atoms with Crippen LogP contribution in [0.25, 0.3) is 33.1 Å². The molecule has 11 nitrogen and oxygen atoms in total. The van der Waals surface area contributed by atoms with Gasteiger partial charge in [0, 0.05) is 29.0 Å². The lowest BCUT2D eigenvalue weighted by molar-refractivity contribution is -0.0123. The fourth-order valence-corrected chi connectivity index (χ4v) is 7.96. The molecule has 1 aromatic carbocycles. The number of H-pyrrole nitrogens is 1. The van der Waals surface area contributed by atoms with Crippen LogP contribution in [-0.4, -0.2) is 100 Å². The van der Waals surface area contributed by atoms with Crippen molar-refractivity contribution >= 4 is 39.2 Å². The molecule has 4 aromatic rings. The van der Waals surface area contributed by atoms with Gasteiger partial charge >= 0.3 is 6.01 Å². The second kappa shape index (κ2) is 11.5. The lowest BCUT2D eigenvalue weighted by atomic mass is 9.76. The highest BCUT2D eigenvalue weighted by molar-refractivity contribution is 6.35. The summed E-state index contributed by atoms with van der Waals surface area (Å²) in [4.78, 5) is 18.5. The van der Waals surface area contributed by atoms with Crippen LogP contribution < -0.4 is 14.4 Å². The molecule has 1 aliphatic carbocycles. The third kappa shape index (κ3) is 5.25. The van der Waals surface area contributed by atoms with Crippen LogP contribution in [0.2, 0.25) is 5.02 Å². The van der Waals surface area contributed by atoms with Crippen molar-refractivity contribution in [2.75, 3.05) is 58.5 Å². The first-order valence-corrected chi connectivity index (χ1v) is 15.9. The van der Waals surface area contributed by atoms with Crippen LogP contribution in [0.4, 0.5) is 10.2 Å². The quantitative estimate of drug-likeness (QED) is 0.301. The van der Waals surface area contributed by atoms with Gasteiger partial charge in [0.2, 0.25) is 5.88 Å². The maximum absolute atomic E-state index is 17.0. The summed E-state index contributed by atoms with van der Waals surface area (Å²) in [7, 11) is 3.66. The highest BCUT2D eigenvalue weighted by atomic mass is 35.5. The molecule has 3 fully saturated rings. The normalized spacial score (nSPS) is 25.9. The van der Waals surface area contributed by atoms with E-state index in [0.717, 1.165) is 44.2 Å². The zero-order chi connectivity index (χ0) is 31.5. The van der Waals surface area contributed by atoms with Crippen LogP contribution in [0.15, 0.2) is 12.3 Å². The van der Waals surface area contributed by atoms with E-state index in [1.807, 2.05) is 17.9 Å². The number of likely N-dealkylation sites (tertiary alicyclic amines) is 1. The Kier molecular flexibility index (Phi) is 7.74. The van der Waals surface area contributed by atoms with Gasteiger partial charge in [0.15, 0.2) is 5.82 Å². The number of aliphatic hydroxyl groups is 1. The Morgan fingerprint density at radius 1 is 1.22 bits per heavy atom. The lowest BCUT2D eigenvalue weighted by Gasteiger charge is -2.44. The van der Waals surface area contributed by atoms with E-state index in [4.69, 9.17) is 35.8 Å². The molecular formula is C32H39ClFN7O4. The van der Waals surface area contributed by atoms with Gasteiger partial charge in [0.25, 0.3) is 0 Å². The molecule has 13 heteroatoms. The van der Waals surface area contributed by atoms with Crippen molar-refractivity contribution in [3.05, 3.63) is 28.7 Å². The molecule has 0 bridgehead atoms. The topological polar surface area (TPSA) is 122 Å². The Bertz CT molecular complexity index is 1770. The van der Waals surface area contributed by atoms with E-state index in [9.17, 15) is 5.11 Å². The molecule has 45 heavy (non-hydrogen) atoms. The fraction of sp³-hybridized carbons (Fsp3) is 0.562. The molecular weight excluding hydrogens is 601 g/mol. The van der Waals surface area contributed by atoms with Gasteiger partial charge in [0.05, 0.1) is 50.2 Å². The van der Waals surface area contributed by atoms with Gasteiger partial charge in [-0.25, -0.2) is 9.37 Å². The Morgan fingerprint density at radius 2 is 2.04 bits per heavy atom. The van der Waals surface area contributed by atoms with Crippen molar-refractivity contribution in [2.45, 2.75) is 57.6 Å². The zero-order valence-electron chi connectivity index (χ0n) is 26.1. The van der Waals surface area contributed by atoms with Crippen LogP contribution in [0.5, 0.6) is 11.9 Å². The summed E-state index contributed by atoms with van der Waals surface area (Å²) in [5.74, 6) is -0.188. The standard InChI is InChI=1S/C32H39ClFN7O4/c1-18-13-20-19(14-35-39-20)22(24(18)33)26-25(34)27-23(29(36-26)43-4)28(41-11-12-44-16-31(2,42)15-41)38-30(37-27)45-17-32-8-5-7-21(32)40(3)10-6-9-32/h13-14,21,42H,5-12,15-17H2,1-4H3,(H,35,39)/t21-,31+,32-/m1/s1. The van der Waals surface area contributed by atoms with Crippen molar-refractivity contribution in [2.24, 2.45) is 5.41 Å². The van der Waals surface area contributed by atoms with E-state index < -0.39 is 11.4 Å². The molecule has 5 heterocycles. The van der Waals surface area contributed by atoms with Crippen molar-refractivity contribution in [1.29, 1.82) is 0 Å². The predicted octanol–water partition coefficient (Wildman–Crippen LogP) is 4.91. The van der Waals surface area contributed by atoms with Gasteiger partial charge in [-0.15, -0.1) is 0 Å². The third-order valence-corrected chi connectivity index (χ3v) is 10.3. The molecule has 3 aliphatic rings. The number of benzene rings is 1. The lowest BCUT2D eigenvalue weighted by Crippen LogP contribution is -2.50. The largest absolute Gasteiger partial charge is 0.480 e. The fourth-order valence-electron chi connectivity index (χ4n) is 7.71. The van der Waals surface area contributed by atoms with Gasteiger partial charge < -0.3 is 29.1 Å². The molecule has 2 saturated heterocycles. The van der Waals surface area contributed by atoms with Crippen molar-refractivity contribution in [3.63, 3.8) is 0 Å². The van der Waals surface area contributed by atoms with Crippen LogP contribution in [0.1, 0.15) is 44.6 Å². The molecule has 0 radical (unpaired) electrons. The molecule has 3 atom stereocenters. The average Bonchev–Trinajstić information content (AvgIpc) is 3.62. The number of nitrogens with one attached hydrogen (secondary N) is 1. The maximum atomic E-state index is 17.0. The smallest absolute Gasteiger partial charge is 0.319 e. The number of anilines is 1. The van der Waals surface area contributed by atoms with Crippen molar-refractivity contribution < 1.29 is 23.7 Å². The average molecular weight is 640 g/mol. The number of nitrogens with zero attached hydrogens (tertiary/aromatic N) is 6. The minimum absolute atomic E-state index is 0.00268. The van der Waals surface area contributed by atoms with Crippen LogP contribution in [0.3, 0.4) is 0 Å². The van der Waals surface area contributed by atoms with Crippen molar-refractivity contribution in [3.8, 4) is 23.1 Å². The molecule has 3 aromatic heterocycles. The second-order valence-corrected chi connectivity index (χ2v) is 13.5. The maximum Gasteiger partial charge on any atom is 0.319 e. The SMILES string of the molecule is COc1nc(-c2c(Cl)c(C)cc3[nH]ncc23)c(F)c2nc(OC[C@]34CCC[C@H]3N(C)CCC4)nc(N3CCOC[C@@](C)(O)C3)c12. The number of β-amino-alcohol motifs (C(OH)–C–C–N with tert-alkyl or cyclic N) is 1. The number of halogens is 2. The Balaban J connectivity index is 1.41. The summed E-state index contributed by atoms with van der Waals surface area (Å²) in [6, 6.07) is 2.36. The number of aromatic nitrogens is 5. The van der Waals surface area contributed by atoms with E-state index in [0.29, 0.717) is 53.1 Å². The number of aryl methyl sites for hydroxylation is 1. The van der Waals surface area contributed by atoms with E-state index >= 15 is 4.39 Å². The van der Waals surface area contributed by atoms with Gasteiger partial charge in [0.1, 0.15) is 28.0 Å². The van der Waals surface area contributed by atoms with Gasteiger partial charge in [-0.2, -0.15) is 15.1 Å². The number of hydrogen-bond donors (Lipinski definition) is 2. The molecule has 240 valence electrons. The third-order valence-electron chi connectivity index (χ3n) is 9.82. The number of rotatable bonds is 6. The Morgan fingerprint density at radius 3 is 2.87 bits per heavy atom. The number of piperidine rings is 1. The molecule has 1 saturated carbocycles. The molecule has 0 unspecified atom stereocenters. The number of fused-ring (bicyclic) bond motifs is 3. The second-order valence-electron chi connectivity index (χ2n) is 13.2. The number of hydrogen-bond acceptors (Lipinski definition) is 10.